The van der Waals surface area contributed by atoms with Gasteiger partial charge in [-0.05, 0) is 6.07 Å². The lowest BCUT2D eigenvalue weighted by Crippen LogP contribution is -2.47. The molecule has 1 aliphatic heterocycles. The van der Waals surface area contributed by atoms with Crippen molar-refractivity contribution >= 4 is 23.8 Å². The number of nitrogens with two attached hydrogens (primary N) is 2. The molecule has 1 amide bonds. The number of pyridine rings is 1. The lowest BCUT2D eigenvalue weighted by molar-refractivity contribution is 0.149. The fourth-order valence-electron chi connectivity index (χ4n) is 2.60. The fraction of sp³-hybridized carbons (Fsp3) is 0.333. The van der Waals surface area contributed by atoms with Gasteiger partial charge in [0.1, 0.15) is 19.3 Å². The van der Waals surface area contributed by atoms with Gasteiger partial charge in [-0.1, -0.05) is 0 Å². The van der Waals surface area contributed by atoms with Crippen molar-refractivity contribution in [1.82, 2.24) is 19.9 Å². The molecular weight excluding hydrogens is 357 g/mol. The molecule has 3 heterocycles. The zero-order chi connectivity index (χ0) is 19.2. The van der Waals surface area contributed by atoms with E-state index in [2.05, 4.69) is 24.9 Å². The molecule has 12 heteroatoms. The first-order chi connectivity index (χ1) is 13.0. The van der Waals surface area contributed by atoms with Crippen LogP contribution < -0.4 is 21.3 Å². The summed E-state index contributed by atoms with van der Waals surface area (Å²) in [6, 6.07) is 1.43. The van der Waals surface area contributed by atoms with Crippen LogP contribution in [0.2, 0.25) is 0 Å². The number of aromatic nitrogens is 4. The van der Waals surface area contributed by atoms with Crippen molar-refractivity contribution in [1.29, 1.82) is 0 Å². The molecule has 0 radical (unpaired) electrons. The number of anilines is 2. The number of aliphatic imine (C=N–C) groups is 1. The van der Waals surface area contributed by atoms with Gasteiger partial charge in [0.25, 0.3) is 0 Å². The second-order valence-corrected chi connectivity index (χ2v) is 5.61. The Labute approximate surface area is 153 Å². The van der Waals surface area contributed by atoms with Gasteiger partial charge in [0, 0.05) is 37.9 Å². The number of ether oxygens (including phenoxy) is 1. The molecule has 0 bridgehead atoms. The molecule has 0 unspecified atom stereocenters. The lowest BCUT2D eigenvalue weighted by Gasteiger charge is -2.35. The maximum Gasteiger partial charge on any atom is 0.437 e. The Balaban J connectivity index is 1.64. The molecule has 1 fully saturated rings. The van der Waals surface area contributed by atoms with E-state index in [4.69, 9.17) is 16.2 Å². The molecule has 142 valence electrons. The van der Waals surface area contributed by atoms with Gasteiger partial charge in [-0.15, -0.1) is 4.99 Å². The SMILES string of the molecule is NC(N)=NC(=O)OCc1ccnc(N2CCN(c3ncncn3)CC2)c1F. The quantitative estimate of drug-likeness (QED) is 0.536. The second kappa shape index (κ2) is 8.21. The van der Waals surface area contributed by atoms with E-state index in [0.29, 0.717) is 32.1 Å². The number of hydrogen-bond donors (Lipinski definition) is 2. The van der Waals surface area contributed by atoms with E-state index in [9.17, 15) is 9.18 Å². The number of carbonyl (C=O) groups excluding carboxylic acids is 1. The summed E-state index contributed by atoms with van der Waals surface area (Å²) in [5, 5.41) is 0. The van der Waals surface area contributed by atoms with Gasteiger partial charge in [-0.3, -0.25) is 0 Å². The van der Waals surface area contributed by atoms with E-state index in [1.54, 1.807) is 0 Å². The second-order valence-electron chi connectivity index (χ2n) is 5.61. The molecule has 1 aliphatic rings. The summed E-state index contributed by atoms with van der Waals surface area (Å²) < 4.78 is 19.6. The number of carbonyl (C=O) groups is 1. The highest BCUT2D eigenvalue weighted by Crippen LogP contribution is 2.22. The maximum atomic E-state index is 14.8. The van der Waals surface area contributed by atoms with E-state index in [1.165, 1.54) is 24.9 Å². The number of amides is 1. The molecule has 0 aliphatic carbocycles. The Morgan fingerprint density at radius 2 is 1.81 bits per heavy atom. The van der Waals surface area contributed by atoms with E-state index >= 15 is 0 Å². The summed E-state index contributed by atoms with van der Waals surface area (Å²) in [5.74, 6) is -0.199. The van der Waals surface area contributed by atoms with Crippen LogP contribution in [-0.4, -0.2) is 58.2 Å². The third-order valence-electron chi connectivity index (χ3n) is 3.86. The van der Waals surface area contributed by atoms with Crippen molar-refractivity contribution in [2.45, 2.75) is 6.61 Å². The van der Waals surface area contributed by atoms with Crippen molar-refractivity contribution in [3.05, 3.63) is 36.3 Å². The highest BCUT2D eigenvalue weighted by atomic mass is 19.1. The lowest BCUT2D eigenvalue weighted by atomic mass is 10.2. The smallest absolute Gasteiger partial charge is 0.437 e. The molecule has 2 aromatic heterocycles. The van der Waals surface area contributed by atoms with Crippen molar-refractivity contribution in [3.8, 4) is 0 Å². The average molecular weight is 375 g/mol. The summed E-state index contributed by atoms with van der Waals surface area (Å²) in [6.07, 6.45) is 3.34. The first-order valence-corrected chi connectivity index (χ1v) is 8.06. The predicted molar refractivity (Wildman–Crippen MR) is 94.4 cm³/mol. The Morgan fingerprint density at radius 3 is 2.48 bits per heavy atom. The minimum Gasteiger partial charge on any atom is -0.443 e. The molecule has 27 heavy (non-hydrogen) atoms. The van der Waals surface area contributed by atoms with Gasteiger partial charge in [-0.2, -0.15) is 0 Å². The molecule has 0 aromatic carbocycles. The van der Waals surface area contributed by atoms with Crippen molar-refractivity contribution in [3.63, 3.8) is 0 Å². The molecule has 4 N–H and O–H groups in total. The number of rotatable bonds is 4. The first kappa shape index (κ1) is 18.2. The van der Waals surface area contributed by atoms with Crippen LogP contribution in [0.3, 0.4) is 0 Å². The number of nitrogens with zero attached hydrogens (tertiary/aromatic N) is 7. The topological polar surface area (TPSA) is 149 Å². The average Bonchev–Trinajstić information content (AvgIpc) is 2.67. The minimum atomic E-state index is -0.987. The van der Waals surface area contributed by atoms with E-state index in [-0.39, 0.29) is 18.0 Å². The van der Waals surface area contributed by atoms with Gasteiger partial charge >= 0.3 is 6.09 Å². The number of piperazine rings is 1. The van der Waals surface area contributed by atoms with Gasteiger partial charge < -0.3 is 26.0 Å². The highest BCUT2D eigenvalue weighted by molar-refractivity contribution is 5.87. The molecular formula is C15H18FN9O2. The molecule has 2 aromatic rings. The van der Waals surface area contributed by atoms with Crippen LogP contribution in [0, 0.1) is 5.82 Å². The van der Waals surface area contributed by atoms with E-state index in [0.717, 1.165) is 0 Å². The minimum absolute atomic E-state index is 0.180. The molecule has 0 spiro atoms. The van der Waals surface area contributed by atoms with Gasteiger partial charge in [-0.25, -0.2) is 29.1 Å². The molecule has 0 atom stereocenters. The Bertz CT molecular complexity index is 821. The standard InChI is InChI=1S/C15H18FN9O2/c16-11-10(7-27-15(26)23-13(17)18)1-2-20-12(11)24-3-5-25(6-4-24)14-21-8-19-9-22-14/h1-2,8-9H,3-7H2,(H4,17,18,23,26). The molecule has 1 saturated heterocycles. The van der Waals surface area contributed by atoms with Gasteiger partial charge in [0.2, 0.25) is 5.95 Å². The number of guanidine groups is 1. The largest absolute Gasteiger partial charge is 0.443 e. The first-order valence-electron chi connectivity index (χ1n) is 8.06. The Kier molecular flexibility index (Phi) is 5.54. The van der Waals surface area contributed by atoms with E-state index in [1.807, 2.05) is 9.80 Å². The summed E-state index contributed by atoms with van der Waals surface area (Å²) in [5.41, 5.74) is 10.4. The molecule has 3 rings (SSSR count). The van der Waals surface area contributed by atoms with E-state index < -0.39 is 17.9 Å². The number of hydrogen-bond acceptors (Lipinski definition) is 8. The predicted octanol–water partition coefficient (Wildman–Crippen LogP) is -0.358. The van der Waals surface area contributed by atoms with Crippen LogP contribution in [0.1, 0.15) is 5.56 Å². The summed E-state index contributed by atoms with van der Waals surface area (Å²) in [4.78, 5) is 34.5. The highest BCUT2D eigenvalue weighted by Gasteiger charge is 2.23. The van der Waals surface area contributed by atoms with Crippen LogP contribution in [0.15, 0.2) is 29.9 Å². The van der Waals surface area contributed by atoms with Gasteiger partial charge in [0.15, 0.2) is 17.6 Å². The van der Waals surface area contributed by atoms with Crippen LogP contribution >= 0.6 is 0 Å². The van der Waals surface area contributed by atoms with Crippen molar-refractivity contribution < 1.29 is 13.9 Å². The summed E-state index contributed by atoms with van der Waals surface area (Å²) >= 11 is 0. The Morgan fingerprint density at radius 1 is 1.15 bits per heavy atom. The Hall–Kier alpha value is -3.57. The van der Waals surface area contributed by atoms with Crippen molar-refractivity contribution in [2.24, 2.45) is 16.5 Å². The maximum absolute atomic E-state index is 14.8. The normalized spacial score (nSPS) is 14.0. The molecule has 11 nitrogen and oxygen atoms in total. The van der Waals surface area contributed by atoms with Gasteiger partial charge in [0.05, 0.1) is 0 Å². The van der Waals surface area contributed by atoms with Crippen LogP contribution in [-0.2, 0) is 11.3 Å². The van der Waals surface area contributed by atoms with Crippen LogP contribution in [0.25, 0.3) is 0 Å². The number of halogens is 1. The molecule has 0 saturated carbocycles. The monoisotopic (exact) mass is 375 g/mol. The van der Waals surface area contributed by atoms with Crippen LogP contribution in [0.5, 0.6) is 0 Å². The summed E-state index contributed by atoms with van der Waals surface area (Å²) in [6.45, 7) is 1.98. The van der Waals surface area contributed by atoms with Crippen LogP contribution in [0.4, 0.5) is 21.0 Å². The fourth-order valence-corrected chi connectivity index (χ4v) is 2.60. The summed E-state index contributed by atoms with van der Waals surface area (Å²) in [7, 11) is 0. The van der Waals surface area contributed by atoms with Crippen molar-refractivity contribution in [2.75, 3.05) is 36.0 Å². The third kappa shape index (κ3) is 4.54. The zero-order valence-corrected chi connectivity index (χ0v) is 14.3. The third-order valence-corrected chi connectivity index (χ3v) is 3.86. The zero-order valence-electron chi connectivity index (χ0n) is 14.3.